The van der Waals surface area contributed by atoms with E-state index in [0.29, 0.717) is 12.1 Å². The summed E-state index contributed by atoms with van der Waals surface area (Å²) in [7, 11) is 1.67. The summed E-state index contributed by atoms with van der Waals surface area (Å²) < 4.78 is 7.26. The lowest BCUT2D eigenvalue weighted by atomic mass is 10.1. The lowest BCUT2D eigenvalue weighted by molar-refractivity contribution is -0.404. The third-order valence-corrected chi connectivity index (χ3v) is 4.64. The Morgan fingerprint density at radius 1 is 0.941 bits per heavy atom. The number of benzene rings is 2. The molecule has 0 saturated carbocycles. The predicted molar refractivity (Wildman–Crippen MR) is 120 cm³/mol. The molecule has 0 saturated heterocycles. The normalized spacial score (nSPS) is 10.3. The second-order valence-corrected chi connectivity index (χ2v) is 6.93. The molecule has 4 aromatic rings. The van der Waals surface area contributed by atoms with Crippen molar-refractivity contribution in [3.05, 3.63) is 96.8 Å². The fourth-order valence-corrected chi connectivity index (χ4v) is 2.98. The highest BCUT2D eigenvalue weighted by molar-refractivity contribution is 5.65. The molecule has 0 amide bonds. The van der Waals surface area contributed by atoms with Crippen molar-refractivity contribution < 1.29 is 24.6 Å². The van der Waals surface area contributed by atoms with Crippen molar-refractivity contribution >= 4 is 22.7 Å². The number of non-ortho nitro benzene ring substituents is 1. The predicted octanol–water partition coefficient (Wildman–Crippen LogP) is 4.44. The van der Waals surface area contributed by atoms with Crippen molar-refractivity contribution in [2.24, 2.45) is 0 Å². The molecule has 0 radical (unpaired) electrons. The number of aromatic nitrogens is 2. The summed E-state index contributed by atoms with van der Waals surface area (Å²) in [6, 6.07) is 13.0. The Labute approximate surface area is 190 Å². The molecular formula is C21H17N5O8. The maximum absolute atomic E-state index is 10.4. The van der Waals surface area contributed by atoms with Gasteiger partial charge in [0.2, 0.25) is 0 Å². The zero-order chi connectivity index (χ0) is 25.0. The standard InChI is InChI=1S/C15H14N2O.C6H3N3O7/c1-11-6-7-17-10-14(16-15(17)8-11)12-4-3-5-13(9-12)18-2;10-6-4(8(13)14)1-3(7(11)12)2-5(6)9(15)16/h3-10H,1-2H3;1-2,10H. The fourth-order valence-electron chi connectivity index (χ4n) is 2.98. The van der Waals surface area contributed by atoms with Crippen molar-refractivity contribution in [3.63, 3.8) is 0 Å². The number of aromatic hydroxyl groups is 1. The highest BCUT2D eigenvalue weighted by Crippen LogP contribution is 2.39. The first-order chi connectivity index (χ1) is 16.1. The Morgan fingerprint density at radius 3 is 2.15 bits per heavy atom. The number of nitro benzene ring substituents is 3. The number of ether oxygens (including phenoxy) is 1. The second-order valence-electron chi connectivity index (χ2n) is 6.93. The largest absolute Gasteiger partial charge is 0.497 e. The number of aryl methyl sites for hydroxylation is 1. The SMILES string of the molecule is COc1cccc(-c2cn3ccc(C)cc3n2)c1.O=[N+]([O-])c1cc([N+](=O)[O-])c(O)c([N+](=O)[O-])c1. The van der Waals surface area contributed by atoms with E-state index in [9.17, 15) is 30.3 Å². The summed E-state index contributed by atoms with van der Waals surface area (Å²) in [5.74, 6) is -0.360. The third-order valence-electron chi connectivity index (χ3n) is 4.64. The van der Waals surface area contributed by atoms with Crippen LogP contribution in [0.25, 0.3) is 16.9 Å². The van der Waals surface area contributed by atoms with E-state index in [4.69, 9.17) is 9.84 Å². The van der Waals surface area contributed by atoms with Crippen LogP contribution in [0, 0.1) is 37.3 Å². The zero-order valence-corrected chi connectivity index (χ0v) is 17.8. The van der Waals surface area contributed by atoms with E-state index in [1.807, 2.05) is 41.1 Å². The molecule has 34 heavy (non-hydrogen) atoms. The molecule has 2 aromatic heterocycles. The molecule has 13 heteroatoms. The van der Waals surface area contributed by atoms with Crippen LogP contribution in [0.3, 0.4) is 0 Å². The van der Waals surface area contributed by atoms with Crippen LogP contribution in [0.1, 0.15) is 5.56 Å². The van der Waals surface area contributed by atoms with Crippen molar-refractivity contribution in [2.75, 3.05) is 7.11 Å². The number of fused-ring (bicyclic) bond motifs is 1. The first-order valence-corrected chi connectivity index (χ1v) is 9.50. The van der Waals surface area contributed by atoms with Crippen molar-refractivity contribution in [3.8, 4) is 22.8 Å². The van der Waals surface area contributed by atoms with Crippen LogP contribution in [-0.4, -0.2) is 36.4 Å². The minimum Gasteiger partial charge on any atom is -0.497 e. The van der Waals surface area contributed by atoms with Crippen LogP contribution in [0.15, 0.2) is 60.9 Å². The highest BCUT2D eigenvalue weighted by atomic mass is 16.6. The van der Waals surface area contributed by atoms with E-state index in [0.717, 1.165) is 22.7 Å². The van der Waals surface area contributed by atoms with Crippen LogP contribution in [-0.2, 0) is 0 Å². The average molecular weight is 467 g/mol. The average Bonchev–Trinajstić information content (AvgIpc) is 3.22. The molecule has 0 unspecified atom stereocenters. The smallest absolute Gasteiger partial charge is 0.324 e. The van der Waals surface area contributed by atoms with Gasteiger partial charge in [-0.05, 0) is 36.8 Å². The van der Waals surface area contributed by atoms with Gasteiger partial charge in [-0.25, -0.2) is 4.98 Å². The number of imidazole rings is 1. The number of phenolic OH excluding ortho intramolecular Hbond substituents is 1. The molecule has 0 aliphatic rings. The maximum atomic E-state index is 10.4. The molecule has 0 aliphatic carbocycles. The number of phenols is 1. The Balaban J connectivity index is 0.000000192. The van der Waals surface area contributed by atoms with Crippen LogP contribution in [0.5, 0.6) is 11.5 Å². The van der Waals surface area contributed by atoms with E-state index in [-0.39, 0.29) is 0 Å². The number of methoxy groups -OCH3 is 1. The summed E-state index contributed by atoms with van der Waals surface area (Å²) in [6.45, 7) is 2.07. The third kappa shape index (κ3) is 5.04. The number of pyridine rings is 1. The topological polar surface area (TPSA) is 176 Å². The summed E-state index contributed by atoms with van der Waals surface area (Å²) in [5, 5.41) is 40.2. The van der Waals surface area contributed by atoms with Crippen LogP contribution < -0.4 is 4.74 Å². The molecule has 174 valence electrons. The summed E-state index contributed by atoms with van der Waals surface area (Å²) in [4.78, 5) is 32.4. The summed E-state index contributed by atoms with van der Waals surface area (Å²) in [6.07, 6.45) is 4.06. The van der Waals surface area contributed by atoms with E-state index < -0.39 is 37.6 Å². The van der Waals surface area contributed by atoms with Crippen molar-refractivity contribution in [1.29, 1.82) is 0 Å². The number of hydrogen-bond acceptors (Lipinski definition) is 9. The van der Waals surface area contributed by atoms with Gasteiger partial charge < -0.3 is 14.2 Å². The van der Waals surface area contributed by atoms with Gasteiger partial charge in [-0.3, -0.25) is 30.3 Å². The highest BCUT2D eigenvalue weighted by Gasteiger charge is 2.30. The fraction of sp³-hybridized carbons (Fsp3) is 0.0952. The molecule has 0 bridgehead atoms. The number of nitro groups is 3. The second kappa shape index (κ2) is 9.60. The van der Waals surface area contributed by atoms with E-state index in [2.05, 4.69) is 24.0 Å². The minimum absolute atomic E-state index is 0.447. The van der Waals surface area contributed by atoms with Gasteiger partial charge in [-0.2, -0.15) is 0 Å². The van der Waals surface area contributed by atoms with Gasteiger partial charge in [-0.15, -0.1) is 0 Å². The van der Waals surface area contributed by atoms with E-state index >= 15 is 0 Å². The van der Waals surface area contributed by atoms with Crippen LogP contribution in [0.4, 0.5) is 17.1 Å². The van der Waals surface area contributed by atoms with Gasteiger partial charge in [0.15, 0.2) is 0 Å². The maximum Gasteiger partial charge on any atom is 0.324 e. The van der Waals surface area contributed by atoms with Gasteiger partial charge >= 0.3 is 11.4 Å². The molecule has 2 heterocycles. The number of hydrogen-bond donors (Lipinski definition) is 1. The van der Waals surface area contributed by atoms with Gasteiger partial charge in [0.05, 0.1) is 39.7 Å². The Morgan fingerprint density at radius 2 is 1.59 bits per heavy atom. The monoisotopic (exact) mass is 467 g/mol. The lowest BCUT2D eigenvalue weighted by Gasteiger charge is -2.00. The van der Waals surface area contributed by atoms with E-state index in [1.54, 1.807) is 7.11 Å². The van der Waals surface area contributed by atoms with Crippen LogP contribution in [0.2, 0.25) is 0 Å². The Kier molecular flexibility index (Phi) is 6.66. The molecule has 13 nitrogen and oxygen atoms in total. The molecule has 4 rings (SSSR count). The number of nitrogens with zero attached hydrogens (tertiary/aromatic N) is 5. The first kappa shape index (κ1) is 23.6. The Bertz CT molecular complexity index is 1380. The van der Waals surface area contributed by atoms with Gasteiger partial charge in [-0.1, -0.05) is 12.1 Å². The quantitative estimate of drug-likeness (QED) is 0.328. The lowest BCUT2D eigenvalue weighted by Crippen LogP contribution is -1.97. The summed E-state index contributed by atoms with van der Waals surface area (Å²) in [5.41, 5.74) is 1.20. The first-order valence-electron chi connectivity index (χ1n) is 9.50. The summed E-state index contributed by atoms with van der Waals surface area (Å²) >= 11 is 0. The minimum atomic E-state index is -1.21. The zero-order valence-electron chi connectivity index (χ0n) is 17.8. The van der Waals surface area contributed by atoms with Gasteiger partial charge in [0.1, 0.15) is 11.4 Å². The molecule has 0 spiro atoms. The van der Waals surface area contributed by atoms with Crippen molar-refractivity contribution in [1.82, 2.24) is 9.38 Å². The molecule has 0 fully saturated rings. The molecule has 1 N–H and O–H groups in total. The van der Waals surface area contributed by atoms with E-state index in [1.165, 1.54) is 5.56 Å². The number of rotatable bonds is 5. The van der Waals surface area contributed by atoms with Gasteiger partial charge in [0, 0.05) is 18.0 Å². The molecule has 0 aliphatic heterocycles. The van der Waals surface area contributed by atoms with Gasteiger partial charge in [0.25, 0.3) is 11.4 Å². The van der Waals surface area contributed by atoms with Crippen LogP contribution >= 0.6 is 0 Å². The van der Waals surface area contributed by atoms with Crippen molar-refractivity contribution in [2.45, 2.75) is 6.92 Å². The molecular weight excluding hydrogens is 450 g/mol. The molecule has 0 atom stereocenters. The Hall–Kier alpha value is -5.07. The molecule has 2 aromatic carbocycles.